The number of hydrogen-bond donors (Lipinski definition) is 1. The fourth-order valence-electron chi connectivity index (χ4n) is 3.31. The molecule has 0 fully saturated rings. The molecule has 3 nitrogen and oxygen atoms in total. The summed E-state index contributed by atoms with van der Waals surface area (Å²) in [6.45, 7) is 6.67. The lowest BCUT2D eigenvalue weighted by molar-refractivity contribution is 0.630. The normalized spacial score (nSPS) is 17.6. The molecule has 25 heavy (non-hydrogen) atoms. The van der Waals surface area contributed by atoms with E-state index in [0.29, 0.717) is 17.7 Å². The highest BCUT2D eigenvalue weighted by Gasteiger charge is 2.18. The Morgan fingerprint density at radius 2 is 1.80 bits per heavy atom. The Hall–Kier alpha value is -1.16. The molecule has 0 unspecified atom stereocenters. The molecule has 0 saturated heterocycles. The van der Waals surface area contributed by atoms with Gasteiger partial charge in [0.15, 0.2) is 0 Å². The summed E-state index contributed by atoms with van der Waals surface area (Å²) >= 11 is 3.64. The molecule has 138 valence electrons. The molecule has 0 bridgehead atoms. The number of amidine groups is 1. The standard InChI is InChI=1S/C21H32BrN3/c1-4-17-14-20(24-25-21(17)23)10-8-6-5-7-9-16-11-18(15(2)3)13-19(22)12-16/h11-13,15,17H,4-10,14H2,1-3H3,(H2,23,25)/t17-/m1/s1. The molecule has 2 rings (SSSR count). The van der Waals surface area contributed by atoms with E-state index in [4.69, 9.17) is 5.73 Å². The van der Waals surface area contributed by atoms with Crippen molar-refractivity contribution >= 4 is 27.5 Å². The Kier molecular flexibility index (Phi) is 8.14. The number of unbranched alkanes of at least 4 members (excludes halogenated alkanes) is 3. The summed E-state index contributed by atoms with van der Waals surface area (Å²) in [7, 11) is 0. The van der Waals surface area contributed by atoms with Crippen LogP contribution in [0.5, 0.6) is 0 Å². The second kappa shape index (κ2) is 10.1. The van der Waals surface area contributed by atoms with Crippen LogP contribution in [0.4, 0.5) is 0 Å². The third-order valence-electron chi connectivity index (χ3n) is 5.03. The number of nitrogens with two attached hydrogens (primary N) is 1. The number of hydrogen-bond acceptors (Lipinski definition) is 3. The molecule has 0 amide bonds. The third kappa shape index (κ3) is 6.58. The van der Waals surface area contributed by atoms with Crippen molar-refractivity contribution in [3.05, 3.63) is 33.8 Å². The van der Waals surface area contributed by atoms with E-state index < -0.39 is 0 Å². The molecule has 1 atom stereocenters. The molecule has 0 radical (unpaired) electrons. The van der Waals surface area contributed by atoms with Gasteiger partial charge in [0.1, 0.15) is 5.84 Å². The molecule has 0 saturated carbocycles. The highest BCUT2D eigenvalue weighted by molar-refractivity contribution is 9.10. The highest BCUT2D eigenvalue weighted by Crippen LogP contribution is 2.23. The van der Waals surface area contributed by atoms with Gasteiger partial charge in [-0.2, -0.15) is 5.10 Å². The first-order valence-corrected chi connectivity index (χ1v) is 10.5. The minimum absolute atomic E-state index is 0.402. The number of benzene rings is 1. The summed E-state index contributed by atoms with van der Waals surface area (Å²) < 4.78 is 1.20. The molecule has 1 aromatic carbocycles. The smallest absolute Gasteiger partial charge is 0.125 e. The topological polar surface area (TPSA) is 50.7 Å². The third-order valence-corrected chi connectivity index (χ3v) is 5.49. The zero-order valence-electron chi connectivity index (χ0n) is 15.9. The van der Waals surface area contributed by atoms with E-state index in [0.717, 1.165) is 19.3 Å². The Morgan fingerprint density at radius 1 is 1.08 bits per heavy atom. The number of aryl methyl sites for hydroxylation is 1. The summed E-state index contributed by atoms with van der Waals surface area (Å²) in [6.07, 6.45) is 9.30. The fraction of sp³-hybridized carbons (Fsp3) is 0.619. The van der Waals surface area contributed by atoms with Crippen LogP contribution in [-0.4, -0.2) is 11.5 Å². The number of halogens is 1. The summed E-state index contributed by atoms with van der Waals surface area (Å²) in [4.78, 5) is 0. The molecule has 2 N–H and O–H groups in total. The summed E-state index contributed by atoms with van der Waals surface area (Å²) in [6, 6.07) is 6.85. The molecule has 0 spiro atoms. The predicted molar refractivity (Wildman–Crippen MR) is 112 cm³/mol. The first kappa shape index (κ1) is 20.2. The van der Waals surface area contributed by atoms with Crippen molar-refractivity contribution in [3.8, 4) is 0 Å². The van der Waals surface area contributed by atoms with Crippen LogP contribution in [0.1, 0.15) is 82.8 Å². The van der Waals surface area contributed by atoms with Crippen LogP contribution < -0.4 is 5.73 Å². The average molecular weight is 406 g/mol. The molecule has 4 heteroatoms. The van der Waals surface area contributed by atoms with Gasteiger partial charge in [-0.3, -0.25) is 0 Å². The van der Waals surface area contributed by atoms with E-state index in [1.807, 2.05) is 0 Å². The zero-order valence-corrected chi connectivity index (χ0v) is 17.5. The van der Waals surface area contributed by atoms with Gasteiger partial charge in [0.05, 0.1) is 0 Å². The molecule has 1 aromatic rings. The lowest BCUT2D eigenvalue weighted by Gasteiger charge is -2.18. The predicted octanol–water partition coefficient (Wildman–Crippen LogP) is 6.21. The van der Waals surface area contributed by atoms with Crippen molar-refractivity contribution in [2.24, 2.45) is 21.9 Å². The first-order valence-electron chi connectivity index (χ1n) is 9.67. The van der Waals surface area contributed by atoms with Gasteiger partial charge in [-0.1, -0.05) is 55.6 Å². The summed E-state index contributed by atoms with van der Waals surface area (Å²) in [5.74, 6) is 1.69. The van der Waals surface area contributed by atoms with Crippen molar-refractivity contribution in [2.75, 3.05) is 0 Å². The van der Waals surface area contributed by atoms with E-state index in [2.05, 4.69) is 65.1 Å². The summed E-state index contributed by atoms with van der Waals surface area (Å²) in [5.41, 5.74) is 9.98. The zero-order chi connectivity index (χ0) is 18.2. The van der Waals surface area contributed by atoms with Crippen LogP contribution in [-0.2, 0) is 6.42 Å². The molecule has 1 aliphatic rings. The van der Waals surface area contributed by atoms with Gasteiger partial charge in [0.25, 0.3) is 0 Å². The molecule has 1 heterocycles. The van der Waals surface area contributed by atoms with E-state index in [9.17, 15) is 0 Å². The lowest BCUT2D eigenvalue weighted by atomic mass is 9.94. The largest absolute Gasteiger partial charge is 0.385 e. The van der Waals surface area contributed by atoms with Gasteiger partial charge >= 0.3 is 0 Å². The van der Waals surface area contributed by atoms with Gasteiger partial charge in [0, 0.05) is 16.1 Å². The van der Waals surface area contributed by atoms with Crippen molar-refractivity contribution in [1.29, 1.82) is 0 Å². The second-order valence-corrected chi connectivity index (χ2v) is 8.38. The molecular weight excluding hydrogens is 374 g/mol. The van der Waals surface area contributed by atoms with Gasteiger partial charge < -0.3 is 5.73 Å². The van der Waals surface area contributed by atoms with Crippen LogP contribution in [0.25, 0.3) is 0 Å². The Morgan fingerprint density at radius 3 is 2.48 bits per heavy atom. The highest BCUT2D eigenvalue weighted by atomic mass is 79.9. The van der Waals surface area contributed by atoms with E-state index in [1.165, 1.54) is 53.4 Å². The van der Waals surface area contributed by atoms with Crippen molar-refractivity contribution < 1.29 is 0 Å². The maximum absolute atomic E-state index is 5.88. The van der Waals surface area contributed by atoms with Gasteiger partial charge in [-0.25, -0.2) is 0 Å². The van der Waals surface area contributed by atoms with Gasteiger partial charge in [-0.15, -0.1) is 5.10 Å². The average Bonchev–Trinajstić information content (AvgIpc) is 2.58. The molecule has 0 aromatic heterocycles. The maximum atomic E-state index is 5.88. The van der Waals surface area contributed by atoms with Gasteiger partial charge in [-0.05, 0) is 67.7 Å². The van der Waals surface area contributed by atoms with Crippen LogP contribution >= 0.6 is 15.9 Å². The Bertz CT molecular complexity index is 620. The van der Waals surface area contributed by atoms with E-state index in [1.54, 1.807) is 0 Å². The number of rotatable bonds is 9. The first-order chi connectivity index (χ1) is 12.0. The monoisotopic (exact) mass is 405 g/mol. The van der Waals surface area contributed by atoms with Crippen LogP contribution in [0.2, 0.25) is 0 Å². The minimum Gasteiger partial charge on any atom is -0.385 e. The van der Waals surface area contributed by atoms with Crippen molar-refractivity contribution in [3.63, 3.8) is 0 Å². The molecular formula is C21H32BrN3. The minimum atomic E-state index is 0.402. The van der Waals surface area contributed by atoms with Crippen LogP contribution in [0.3, 0.4) is 0 Å². The summed E-state index contributed by atoms with van der Waals surface area (Å²) in [5, 5.41) is 8.41. The van der Waals surface area contributed by atoms with E-state index >= 15 is 0 Å². The second-order valence-electron chi connectivity index (χ2n) is 7.46. The SMILES string of the molecule is CC[C@@H]1CC(CCCCCCc2cc(Br)cc(C(C)C)c2)=NN=C1N. The molecule has 0 aliphatic carbocycles. The van der Waals surface area contributed by atoms with Crippen molar-refractivity contribution in [1.82, 2.24) is 0 Å². The fourth-order valence-corrected chi connectivity index (χ4v) is 3.87. The maximum Gasteiger partial charge on any atom is 0.125 e. The Balaban J connectivity index is 1.67. The Labute approximate surface area is 161 Å². The van der Waals surface area contributed by atoms with Crippen LogP contribution in [0.15, 0.2) is 32.9 Å². The van der Waals surface area contributed by atoms with Gasteiger partial charge in [0.2, 0.25) is 0 Å². The van der Waals surface area contributed by atoms with Crippen LogP contribution in [0, 0.1) is 5.92 Å². The number of nitrogens with zero attached hydrogens (tertiary/aromatic N) is 2. The van der Waals surface area contributed by atoms with Crippen molar-refractivity contribution in [2.45, 2.75) is 78.1 Å². The molecule has 1 aliphatic heterocycles. The van der Waals surface area contributed by atoms with E-state index in [-0.39, 0.29) is 0 Å². The quantitative estimate of drug-likeness (QED) is 0.487. The lowest BCUT2D eigenvalue weighted by Crippen LogP contribution is -2.28.